The summed E-state index contributed by atoms with van der Waals surface area (Å²) in [6.07, 6.45) is 0. The van der Waals surface area contributed by atoms with Crippen molar-refractivity contribution in [3.8, 4) is 62.1 Å². The van der Waals surface area contributed by atoms with Crippen LogP contribution >= 0.6 is 31.9 Å². The molecule has 0 atom stereocenters. The molecule has 0 fully saturated rings. The van der Waals surface area contributed by atoms with E-state index in [0.717, 1.165) is 42.4 Å². The highest BCUT2D eigenvalue weighted by atomic mass is 79.9. The van der Waals surface area contributed by atoms with Gasteiger partial charge in [-0.25, -0.2) is 15.0 Å². The van der Waals surface area contributed by atoms with E-state index in [9.17, 15) is 0 Å². The van der Waals surface area contributed by atoms with E-state index in [1.165, 1.54) is 55.2 Å². The lowest BCUT2D eigenvalue weighted by Gasteiger charge is -2.42. The molecule has 302 valence electrons. The van der Waals surface area contributed by atoms with Crippen molar-refractivity contribution in [3.05, 3.63) is 250 Å². The molecular formula is C58H36Br2N4. The van der Waals surface area contributed by atoms with E-state index < -0.39 is 5.41 Å². The molecule has 0 aliphatic carbocycles. The first-order valence-corrected chi connectivity index (χ1v) is 22.9. The highest BCUT2D eigenvalue weighted by Crippen LogP contribution is 2.56. The van der Waals surface area contributed by atoms with E-state index in [2.05, 4.69) is 206 Å². The Hall–Kier alpha value is -7.25. The number of halogens is 2. The van der Waals surface area contributed by atoms with Crippen LogP contribution in [0.2, 0.25) is 0 Å². The standard InChI is InChI=1S/C58H36Br2N4/c59-46-27-21-39(22-28-46)55-61-56(40-23-29-47(60)30-24-40)63-57(62-55)42-26-32-53-50(35-42)58(44-17-9-3-10-18-44,45-19-11-4-12-20-45)51-36-43(38-15-7-2-8-16-38)34-49-48-33-41(37-13-5-1-6-14-37)25-31-52(48)64(53)54(49)51/h1-36H. The maximum absolute atomic E-state index is 5.25. The number of aromatic nitrogens is 4. The van der Waals surface area contributed by atoms with Gasteiger partial charge in [0, 0.05) is 36.4 Å². The molecule has 9 aromatic carbocycles. The molecule has 1 aliphatic heterocycles. The smallest absolute Gasteiger partial charge is 0.164 e. The third-order valence-electron chi connectivity index (χ3n) is 12.6. The fraction of sp³-hybridized carbons (Fsp3) is 0.0172. The summed E-state index contributed by atoms with van der Waals surface area (Å²) < 4.78 is 4.48. The van der Waals surface area contributed by atoms with Gasteiger partial charge < -0.3 is 4.57 Å². The second-order valence-corrected chi connectivity index (χ2v) is 18.1. The summed E-state index contributed by atoms with van der Waals surface area (Å²) in [6, 6.07) is 78.4. The highest BCUT2D eigenvalue weighted by Gasteiger charge is 2.46. The molecule has 0 spiro atoms. The summed E-state index contributed by atoms with van der Waals surface area (Å²) in [7, 11) is 0. The maximum atomic E-state index is 5.25. The van der Waals surface area contributed by atoms with Crippen molar-refractivity contribution < 1.29 is 0 Å². The predicted molar refractivity (Wildman–Crippen MR) is 269 cm³/mol. The zero-order chi connectivity index (χ0) is 42.8. The van der Waals surface area contributed by atoms with Crippen LogP contribution < -0.4 is 0 Å². The Balaban J connectivity index is 1.21. The monoisotopic (exact) mass is 946 g/mol. The van der Waals surface area contributed by atoms with E-state index in [0.29, 0.717) is 17.5 Å². The van der Waals surface area contributed by atoms with Gasteiger partial charge in [-0.2, -0.15) is 0 Å². The summed E-state index contributed by atoms with van der Waals surface area (Å²) in [5, 5.41) is 2.42. The van der Waals surface area contributed by atoms with Crippen molar-refractivity contribution >= 4 is 53.7 Å². The number of hydrogen-bond donors (Lipinski definition) is 0. The topological polar surface area (TPSA) is 43.6 Å². The van der Waals surface area contributed by atoms with E-state index in [-0.39, 0.29) is 0 Å². The van der Waals surface area contributed by atoms with Crippen LogP contribution in [0.25, 0.3) is 83.9 Å². The van der Waals surface area contributed by atoms with Crippen LogP contribution in [0.15, 0.2) is 227 Å². The van der Waals surface area contributed by atoms with Crippen LogP contribution in [-0.2, 0) is 5.41 Å². The molecule has 0 bridgehead atoms. The molecule has 0 unspecified atom stereocenters. The van der Waals surface area contributed by atoms with Crippen LogP contribution in [-0.4, -0.2) is 19.5 Å². The van der Waals surface area contributed by atoms with E-state index in [4.69, 9.17) is 15.0 Å². The number of nitrogens with zero attached hydrogens (tertiary/aromatic N) is 4. The Labute approximate surface area is 387 Å². The van der Waals surface area contributed by atoms with Crippen LogP contribution in [0.4, 0.5) is 0 Å². The van der Waals surface area contributed by atoms with Gasteiger partial charge in [0.15, 0.2) is 17.5 Å². The van der Waals surface area contributed by atoms with Gasteiger partial charge in [-0.05, 0) is 111 Å². The molecule has 0 saturated carbocycles. The molecular weight excluding hydrogens is 912 g/mol. The number of benzene rings is 9. The van der Waals surface area contributed by atoms with Crippen LogP contribution in [0.1, 0.15) is 22.3 Å². The molecule has 0 amide bonds. The lowest BCUT2D eigenvalue weighted by Crippen LogP contribution is -2.35. The van der Waals surface area contributed by atoms with E-state index in [1.807, 2.05) is 48.5 Å². The first-order valence-electron chi connectivity index (χ1n) is 21.3. The van der Waals surface area contributed by atoms with Crippen molar-refractivity contribution in [1.29, 1.82) is 0 Å². The number of rotatable bonds is 7. The Morgan fingerprint density at radius 1 is 0.344 bits per heavy atom. The molecule has 64 heavy (non-hydrogen) atoms. The molecule has 0 radical (unpaired) electrons. The van der Waals surface area contributed by atoms with E-state index >= 15 is 0 Å². The number of hydrogen-bond acceptors (Lipinski definition) is 3. The van der Waals surface area contributed by atoms with Crippen molar-refractivity contribution in [1.82, 2.24) is 19.5 Å². The van der Waals surface area contributed by atoms with Gasteiger partial charge in [0.1, 0.15) is 0 Å². The third-order valence-corrected chi connectivity index (χ3v) is 13.7. The van der Waals surface area contributed by atoms with E-state index in [1.54, 1.807) is 0 Å². The Kier molecular flexibility index (Phi) is 9.32. The summed E-state index contributed by atoms with van der Waals surface area (Å²) in [5.74, 6) is 1.81. The Morgan fingerprint density at radius 3 is 1.33 bits per heavy atom. The summed E-state index contributed by atoms with van der Waals surface area (Å²) in [5.41, 5.74) is 14.8. The van der Waals surface area contributed by atoms with Gasteiger partial charge in [0.2, 0.25) is 0 Å². The Morgan fingerprint density at radius 2 is 0.781 bits per heavy atom. The lowest BCUT2D eigenvalue weighted by atomic mass is 9.62. The van der Waals surface area contributed by atoms with Gasteiger partial charge in [-0.3, -0.25) is 0 Å². The zero-order valence-electron chi connectivity index (χ0n) is 34.3. The summed E-state index contributed by atoms with van der Waals surface area (Å²) in [4.78, 5) is 15.6. The summed E-state index contributed by atoms with van der Waals surface area (Å²) >= 11 is 7.23. The minimum absolute atomic E-state index is 0.600. The predicted octanol–water partition coefficient (Wildman–Crippen LogP) is 15.5. The average molecular weight is 949 g/mol. The fourth-order valence-corrected chi connectivity index (χ4v) is 10.3. The molecule has 11 aromatic rings. The largest absolute Gasteiger partial charge is 0.309 e. The van der Waals surface area contributed by atoms with Gasteiger partial charge in [-0.1, -0.05) is 184 Å². The second-order valence-electron chi connectivity index (χ2n) is 16.3. The zero-order valence-corrected chi connectivity index (χ0v) is 37.5. The fourth-order valence-electron chi connectivity index (χ4n) is 9.73. The third kappa shape index (κ3) is 6.28. The van der Waals surface area contributed by atoms with Crippen LogP contribution in [0, 0.1) is 0 Å². The first-order chi connectivity index (χ1) is 31.5. The molecule has 12 rings (SSSR count). The van der Waals surface area contributed by atoms with Crippen LogP contribution in [0.5, 0.6) is 0 Å². The quantitative estimate of drug-likeness (QED) is 0.160. The van der Waals surface area contributed by atoms with Gasteiger partial charge in [0.25, 0.3) is 0 Å². The van der Waals surface area contributed by atoms with Crippen molar-refractivity contribution in [3.63, 3.8) is 0 Å². The minimum Gasteiger partial charge on any atom is -0.309 e. The van der Waals surface area contributed by atoms with Gasteiger partial charge >= 0.3 is 0 Å². The summed E-state index contributed by atoms with van der Waals surface area (Å²) in [6.45, 7) is 0. The molecule has 0 saturated heterocycles. The SMILES string of the molecule is Brc1ccc(-c2nc(-c3ccc(Br)cc3)nc(-c3ccc4c(c3)C(c3ccccc3)(c3ccccc3)c3cc(-c5ccccc5)cc5c6cc(-c7ccccc7)ccc6n-4c35)n2)cc1. The maximum Gasteiger partial charge on any atom is 0.164 e. The van der Waals surface area contributed by atoms with Crippen LogP contribution in [0.3, 0.4) is 0 Å². The minimum atomic E-state index is -0.750. The molecule has 4 nitrogen and oxygen atoms in total. The van der Waals surface area contributed by atoms with Gasteiger partial charge in [0.05, 0.1) is 22.1 Å². The first kappa shape index (κ1) is 38.4. The average Bonchev–Trinajstić information content (AvgIpc) is 3.69. The van der Waals surface area contributed by atoms with Gasteiger partial charge in [-0.15, -0.1) is 0 Å². The molecule has 2 aromatic heterocycles. The molecule has 1 aliphatic rings. The molecule has 3 heterocycles. The Bertz CT molecular complexity index is 3430. The second kappa shape index (κ2) is 15.5. The normalized spacial score (nSPS) is 12.7. The van der Waals surface area contributed by atoms with Crippen molar-refractivity contribution in [2.75, 3.05) is 0 Å². The number of fused-ring (bicyclic) bond motifs is 5. The molecule has 0 N–H and O–H groups in total. The molecule has 6 heteroatoms. The lowest BCUT2D eigenvalue weighted by molar-refractivity contribution is 0.728. The highest BCUT2D eigenvalue weighted by molar-refractivity contribution is 9.10. The van der Waals surface area contributed by atoms with Crippen molar-refractivity contribution in [2.45, 2.75) is 5.41 Å². The van der Waals surface area contributed by atoms with Crippen molar-refractivity contribution in [2.24, 2.45) is 0 Å².